The van der Waals surface area contributed by atoms with E-state index in [0.29, 0.717) is 6.54 Å². The van der Waals surface area contributed by atoms with Crippen molar-refractivity contribution in [1.82, 2.24) is 9.78 Å². The van der Waals surface area contributed by atoms with E-state index in [1.165, 1.54) is 7.11 Å². The van der Waals surface area contributed by atoms with Gasteiger partial charge in [-0.1, -0.05) is 15.9 Å². The van der Waals surface area contributed by atoms with Crippen LogP contribution in [0.1, 0.15) is 0 Å². The molecule has 1 aromatic rings. The van der Waals surface area contributed by atoms with Gasteiger partial charge >= 0.3 is 5.97 Å². The summed E-state index contributed by atoms with van der Waals surface area (Å²) >= 11 is 3.19. The highest BCUT2D eigenvalue weighted by molar-refractivity contribution is 9.10. The molecule has 0 aliphatic carbocycles. The van der Waals surface area contributed by atoms with Crippen molar-refractivity contribution in [3.05, 3.63) is 18.5 Å². The van der Waals surface area contributed by atoms with Crippen molar-refractivity contribution in [2.45, 2.75) is 11.4 Å². The molecule has 0 saturated carbocycles. The highest BCUT2D eigenvalue weighted by atomic mass is 79.9. The number of carbonyl (C=O) groups excluding carboxylic acids is 1. The lowest BCUT2D eigenvalue weighted by Crippen LogP contribution is -2.21. The van der Waals surface area contributed by atoms with Crippen molar-refractivity contribution >= 4 is 21.9 Å². The lowest BCUT2D eigenvalue weighted by atomic mass is 10.4. The molecule has 0 spiro atoms. The van der Waals surface area contributed by atoms with E-state index in [4.69, 9.17) is 0 Å². The van der Waals surface area contributed by atoms with Crippen LogP contribution in [0.15, 0.2) is 18.5 Å². The first-order chi connectivity index (χ1) is 5.74. The van der Waals surface area contributed by atoms with E-state index in [9.17, 15) is 4.79 Å². The highest BCUT2D eigenvalue weighted by Crippen LogP contribution is 2.04. The van der Waals surface area contributed by atoms with Gasteiger partial charge in [-0.3, -0.25) is 9.48 Å². The first-order valence-electron chi connectivity index (χ1n) is 3.43. The Kier molecular flexibility index (Phi) is 3.28. The molecular weight excluding hydrogens is 224 g/mol. The molecule has 1 atom stereocenters. The van der Waals surface area contributed by atoms with E-state index in [1.54, 1.807) is 23.1 Å². The fraction of sp³-hybridized carbons (Fsp3) is 0.429. The summed E-state index contributed by atoms with van der Waals surface area (Å²) in [5.41, 5.74) is 0. The third kappa shape index (κ3) is 2.34. The maximum Gasteiger partial charge on any atom is 0.321 e. The Morgan fingerprint density at radius 2 is 2.58 bits per heavy atom. The number of methoxy groups -OCH3 is 1. The Balaban J connectivity index is 2.47. The van der Waals surface area contributed by atoms with Crippen molar-refractivity contribution in [1.29, 1.82) is 0 Å². The van der Waals surface area contributed by atoms with Crippen molar-refractivity contribution in [3.8, 4) is 0 Å². The van der Waals surface area contributed by atoms with Gasteiger partial charge in [0.2, 0.25) is 0 Å². The summed E-state index contributed by atoms with van der Waals surface area (Å²) in [7, 11) is 1.36. The third-order valence-corrected chi connectivity index (χ3v) is 2.03. The Hall–Kier alpha value is -0.840. The minimum Gasteiger partial charge on any atom is -0.468 e. The molecule has 4 nitrogen and oxygen atoms in total. The standard InChI is InChI=1S/C7H9BrN2O2/c1-12-7(11)6(8)5-10-4-2-3-9-10/h2-4,6H,5H2,1H3. The number of ether oxygens (including phenoxy) is 1. The molecule has 12 heavy (non-hydrogen) atoms. The van der Waals surface area contributed by atoms with Gasteiger partial charge in [0, 0.05) is 12.4 Å². The molecule has 66 valence electrons. The van der Waals surface area contributed by atoms with Crippen molar-refractivity contribution in [2.24, 2.45) is 0 Å². The van der Waals surface area contributed by atoms with Crippen molar-refractivity contribution < 1.29 is 9.53 Å². The SMILES string of the molecule is COC(=O)C(Br)Cn1cccn1. The van der Waals surface area contributed by atoms with Gasteiger partial charge in [-0.25, -0.2) is 0 Å². The zero-order chi connectivity index (χ0) is 8.97. The Labute approximate surface area is 78.6 Å². The summed E-state index contributed by atoms with van der Waals surface area (Å²) in [6.45, 7) is 0.486. The van der Waals surface area contributed by atoms with Gasteiger partial charge in [0.15, 0.2) is 0 Å². The molecule has 5 heteroatoms. The largest absolute Gasteiger partial charge is 0.468 e. The molecule has 0 aromatic carbocycles. The summed E-state index contributed by atoms with van der Waals surface area (Å²) < 4.78 is 6.20. The molecule has 0 aliphatic rings. The summed E-state index contributed by atoms with van der Waals surface area (Å²) in [5, 5.41) is 3.95. The summed E-state index contributed by atoms with van der Waals surface area (Å²) in [6.07, 6.45) is 3.45. The third-order valence-electron chi connectivity index (χ3n) is 1.36. The zero-order valence-corrected chi connectivity index (χ0v) is 8.19. The smallest absolute Gasteiger partial charge is 0.321 e. The van der Waals surface area contributed by atoms with E-state index < -0.39 is 0 Å². The second-order valence-corrected chi connectivity index (χ2v) is 3.32. The summed E-state index contributed by atoms with van der Waals surface area (Å²) in [6, 6.07) is 1.80. The van der Waals surface area contributed by atoms with E-state index in [2.05, 4.69) is 25.8 Å². The van der Waals surface area contributed by atoms with Gasteiger partial charge in [-0.05, 0) is 6.07 Å². The van der Waals surface area contributed by atoms with Crippen LogP contribution in [0.25, 0.3) is 0 Å². The maximum atomic E-state index is 10.9. The monoisotopic (exact) mass is 232 g/mol. The highest BCUT2D eigenvalue weighted by Gasteiger charge is 2.15. The van der Waals surface area contributed by atoms with Crippen molar-refractivity contribution in [3.63, 3.8) is 0 Å². The Morgan fingerprint density at radius 1 is 1.83 bits per heavy atom. The number of alkyl halides is 1. The zero-order valence-electron chi connectivity index (χ0n) is 6.61. The lowest BCUT2D eigenvalue weighted by Gasteiger charge is -2.06. The second-order valence-electron chi connectivity index (χ2n) is 2.22. The Morgan fingerprint density at radius 3 is 3.08 bits per heavy atom. The lowest BCUT2D eigenvalue weighted by molar-refractivity contribution is -0.140. The molecule has 0 aliphatic heterocycles. The number of aromatic nitrogens is 2. The Bertz CT molecular complexity index is 248. The van der Waals surface area contributed by atoms with E-state index in [1.807, 2.05) is 0 Å². The van der Waals surface area contributed by atoms with Gasteiger partial charge in [0.25, 0.3) is 0 Å². The fourth-order valence-corrected chi connectivity index (χ4v) is 1.26. The van der Waals surface area contributed by atoms with E-state index in [-0.39, 0.29) is 10.8 Å². The number of hydrogen-bond acceptors (Lipinski definition) is 3. The predicted octanol–water partition coefficient (Wildman–Crippen LogP) is 0.820. The molecular formula is C7H9BrN2O2. The average molecular weight is 233 g/mol. The van der Waals surface area contributed by atoms with Crippen LogP contribution in [-0.2, 0) is 16.1 Å². The minimum absolute atomic E-state index is 0.287. The molecule has 0 fully saturated rings. The van der Waals surface area contributed by atoms with Crippen LogP contribution in [0.5, 0.6) is 0 Å². The van der Waals surface area contributed by atoms with Gasteiger partial charge in [-0.2, -0.15) is 5.10 Å². The second kappa shape index (κ2) is 4.25. The number of carbonyl (C=O) groups is 1. The van der Waals surface area contributed by atoms with Crippen LogP contribution in [-0.4, -0.2) is 27.7 Å². The molecule has 0 radical (unpaired) electrons. The maximum absolute atomic E-state index is 10.9. The van der Waals surface area contributed by atoms with Crippen LogP contribution in [0.3, 0.4) is 0 Å². The van der Waals surface area contributed by atoms with Crippen LogP contribution >= 0.6 is 15.9 Å². The number of halogens is 1. The normalized spacial score (nSPS) is 12.5. The molecule has 0 bridgehead atoms. The first kappa shape index (κ1) is 9.25. The van der Waals surface area contributed by atoms with Gasteiger partial charge in [0.05, 0.1) is 13.7 Å². The molecule has 1 rings (SSSR count). The first-order valence-corrected chi connectivity index (χ1v) is 4.35. The van der Waals surface area contributed by atoms with E-state index >= 15 is 0 Å². The predicted molar refractivity (Wildman–Crippen MR) is 47.0 cm³/mol. The van der Waals surface area contributed by atoms with E-state index in [0.717, 1.165) is 0 Å². The minimum atomic E-state index is -0.331. The number of esters is 1. The molecule has 1 aromatic heterocycles. The fourth-order valence-electron chi connectivity index (χ4n) is 0.775. The molecule has 1 unspecified atom stereocenters. The van der Waals surface area contributed by atoms with Gasteiger partial charge < -0.3 is 4.74 Å². The summed E-state index contributed by atoms with van der Waals surface area (Å²) in [4.78, 5) is 10.6. The van der Waals surface area contributed by atoms with Crippen LogP contribution in [0.2, 0.25) is 0 Å². The topological polar surface area (TPSA) is 44.1 Å². The van der Waals surface area contributed by atoms with Crippen LogP contribution < -0.4 is 0 Å². The summed E-state index contributed by atoms with van der Waals surface area (Å²) in [5.74, 6) is -0.287. The van der Waals surface area contributed by atoms with Gasteiger partial charge in [-0.15, -0.1) is 0 Å². The number of nitrogens with zero attached hydrogens (tertiary/aromatic N) is 2. The number of rotatable bonds is 3. The molecule has 1 heterocycles. The van der Waals surface area contributed by atoms with Gasteiger partial charge in [0.1, 0.15) is 4.83 Å². The quantitative estimate of drug-likeness (QED) is 0.573. The number of hydrogen-bond donors (Lipinski definition) is 0. The van der Waals surface area contributed by atoms with Crippen LogP contribution in [0.4, 0.5) is 0 Å². The molecule has 0 N–H and O–H groups in total. The average Bonchev–Trinajstić information content (AvgIpc) is 2.55. The molecule has 0 saturated heterocycles. The van der Waals surface area contributed by atoms with Crippen molar-refractivity contribution in [2.75, 3.05) is 7.11 Å². The van der Waals surface area contributed by atoms with Crippen LogP contribution in [0, 0.1) is 0 Å². The molecule has 0 amide bonds.